The molecular formula is C14H23N3O2. The van der Waals surface area contributed by atoms with Crippen molar-refractivity contribution in [3.63, 3.8) is 0 Å². The Labute approximate surface area is 114 Å². The predicted octanol–water partition coefficient (Wildman–Crippen LogP) is 1.81. The van der Waals surface area contributed by atoms with Crippen LogP contribution in [0.5, 0.6) is 0 Å². The number of H-pyrrole nitrogens is 1. The van der Waals surface area contributed by atoms with Gasteiger partial charge in [0.05, 0.1) is 6.54 Å². The molecule has 0 spiro atoms. The summed E-state index contributed by atoms with van der Waals surface area (Å²) in [6, 6.07) is 2.16. The van der Waals surface area contributed by atoms with E-state index in [0.29, 0.717) is 19.6 Å². The lowest BCUT2D eigenvalue weighted by atomic mass is 10.1. The van der Waals surface area contributed by atoms with Crippen molar-refractivity contribution in [1.29, 1.82) is 0 Å². The van der Waals surface area contributed by atoms with Crippen molar-refractivity contribution in [1.82, 2.24) is 9.88 Å². The molecule has 1 aliphatic rings. The number of amides is 1. The number of ether oxygens (including phenoxy) is 1. The Morgan fingerprint density at radius 3 is 2.89 bits per heavy atom. The van der Waals surface area contributed by atoms with Gasteiger partial charge in [-0.3, -0.25) is 0 Å². The first-order valence-corrected chi connectivity index (χ1v) is 6.76. The van der Waals surface area contributed by atoms with Gasteiger partial charge in [0.1, 0.15) is 5.60 Å². The molecule has 1 aliphatic heterocycles. The molecule has 1 aromatic rings. The average Bonchev–Trinajstić information content (AvgIpc) is 2.68. The summed E-state index contributed by atoms with van der Waals surface area (Å²) in [5.41, 5.74) is 8.67. The highest BCUT2D eigenvalue weighted by atomic mass is 16.6. The molecule has 0 saturated heterocycles. The minimum atomic E-state index is -0.447. The summed E-state index contributed by atoms with van der Waals surface area (Å²) >= 11 is 0. The highest BCUT2D eigenvalue weighted by Gasteiger charge is 2.26. The molecule has 5 nitrogen and oxygen atoms in total. The number of aromatic nitrogens is 1. The van der Waals surface area contributed by atoms with Crippen LogP contribution in [0.25, 0.3) is 0 Å². The van der Waals surface area contributed by atoms with Crippen LogP contribution in [0.2, 0.25) is 0 Å². The van der Waals surface area contributed by atoms with E-state index in [4.69, 9.17) is 10.5 Å². The fourth-order valence-corrected chi connectivity index (χ4v) is 2.27. The average molecular weight is 265 g/mol. The Bertz CT molecular complexity index is 460. The van der Waals surface area contributed by atoms with Crippen LogP contribution in [-0.4, -0.2) is 34.7 Å². The van der Waals surface area contributed by atoms with Crippen molar-refractivity contribution in [2.75, 3.05) is 13.1 Å². The maximum absolute atomic E-state index is 12.0. The van der Waals surface area contributed by atoms with Gasteiger partial charge in [-0.25, -0.2) is 4.79 Å². The molecule has 3 N–H and O–H groups in total. The summed E-state index contributed by atoms with van der Waals surface area (Å²) in [5.74, 6) is 0. The number of nitrogens with one attached hydrogen (secondary N) is 1. The number of hydrogen-bond acceptors (Lipinski definition) is 3. The number of hydrogen-bond donors (Lipinski definition) is 2. The number of nitrogens with two attached hydrogens (primary N) is 1. The van der Waals surface area contributed by atoms with Gasteiger partial charge in [0.2, 0.25) is 0 Å². The van der Waals surface area contributed by atoms with Gasteiger partial charge in [0.25, 0.3) is 0 Å². The lowest BCUT2D eigenvalue weighted by molar-refractivity contribution is 0.0221. The van der Waals surface area contributed by atoms with Crippen molar-refractivity contribution in [2.24, 2.45) is 5.73 Å². The molecule has 0 radical (unpaired) electrons. The van der Waals surface area contributed by atoms with E-state index in [2.05, 4.69) is 11.1 Å². The molecule has 0 atom stereocenters. The Kier molecular flexibility index (Phi) is 3.85. The minimum absolute atomic E-state index is 0.242. The first-order valence-electron chi connectivity index (χ1n) is 6.76. The van der Waals surface area contributed by atoms with Gasteiger partial charge in [-0.1, -0.05) is 0 Å². The molecular weight excluding hydrogens is 242 g/mol. The highest BCUT2D eigenvalue weighted by molar-refractivity contribution is 5.68. The number of carbonyl (C=O) groups is 1. The number of rotatable bonds is 2. The molecule has 0 aromatic carbocycles. The topological polar surface area (TPSA) is 71.3 Å². The van der Waals surface area contributed by atoms with Crippen LogP contribution in [-0.2, 0) is 24.1 Å². The summed E-state index contributed by atoms with van der Waals surface area (Å²) in [6.45, 7) is 7.59. The summed E-state index contributed by atoms with van der Waals surface area (Å²) < 4.78 is 5.40. The molecule has 0 unspecified atom stereocenters. The number of nitrogens with zero attached hydrogens (tertiary/aromatic N) is 1. The smallest absolute Gasteiger partial charge is 0.410 e. The van der Waals surface area contributed by atoms with Gasteiger partial charge < -0.3 is 20.4 Å². The van der Waals surface area contributed by atoms with Crippen LogP contribution in [0.4, 0.5) is 4.79 Å². The molecule has 1 amide bonds. The van der Waals surface area contributed by atoms with Gasteiger partial charge in [-0.2, -0.15) is 0 Å². The maximum Gasteiger partial charge on any atom is 0.410 e. The third kappa shape index (κ3) is 3.50. The molecule has 0 aliphatic carbocycles. The van der Waals surface area contributed by atoms with Gasteiger partial charge >= 0.3 is 6.09 Å². The van der Waals surface area contributed by atoms with Crippen molar-refractivity contribution in [3.05, 3.63) is 23.0 Å². The van der Waals surface area contributed by atoms with Crippen LogP contribution in [0.1, 0.15) is 37.7 Å². The Hall–Kier alpha value is -1.49. The van der Waals surface area contributed by atoms with E-state index >= 15 is 0 Å². The molecule has 2 heterocycles. The van der Waals surface area contributed by atoms with Crippen molar-refractivity contribution < 1.29 is 9.53 Å². The second-order valence-electron chi connectivity index (χ2n) is 5.99. The van der Waals surface area contributed by atoms with Crippen LogP contribution in [0.15, 0.2) is 6.07 Å². The Morgan fingerprint density at radius 2 is 2.26 bits per heavy atom. The molecule has 1 aromatic heterocycles. The molecule has 0 saturated carbocycles. The maximum atomic E-state index is 12.0. The minimum Gasteiger partial charge on any atom is -0.444 e. The van der Waals surface area contributed by atoms with Crippen molar-refractivity contribution in [2.45, 2.75) is 45.8 Å². The SMILES string of the molecule is CC(C)(C)OC(=O)N1CCc2cc(CCN)[nH]c2C1. The molecule has 106 valence electrons. The van der Waals surface area contributed by atoms with E-state index < -0.39 is 5.60 Å². The quantitative estimate of drug-likeness (QED) is 0.856. The van der Waals surface area contributed by atoms with Gasteiger partial charge in [-0.05, 0) is 51.8 Å². The van der Waals surface area contributed by atoms with E-state index in [1.54, 1.807) is 4.90 Å². The fraction of sp³-hybridized carbons (Fsp3) is 0.643. The lowest BCUT2D eigenvalue weighted by Crippen LogP contribution is -2.39. The summed E-state index contributed by atoms with van der Waals surface area (Å²) in [5, 5.41) is 0. The van der Waals surface area contributed by atoms with Crippen molar-refractivity contribution in [3.8, 4) is 0 Å². The monoisotopic (exact) mass is 265 g/mol. The lowest BCUT2D eigenvalue weighted by Gasteiger charge is -2.29. The van der Waals surface area contributed by atoms with Crippen molar-refractivity contribution >= 4 is 6.09 Å². The van der Waals surface area contributed by atoms with Crippen LogP contribution < -0.4 is 5.73 Å². The normalized spacial score (nSPS) is 15.3. The molecule has 19 heavy (non-hydrogen) atoms. The Balaban J connectivity index is 2.03. The zero-order valence-corrected chi connectivity index (χ0v) is 12.0. The molecule has 0 fully saturated rings. The van der Waals surface area contributed by atoms with Crippen LogP contribution >= 0.6 is 0 Å². The first kappa shape index (κ1) is 13.9. The summed E-state index contributed by atoms with van der Waals surface area (Å²) in [4.78, 5) is 17.1. The van der Waals surface area contributed by atoms with E-state index in [9.17, 15) is 4.79 Å². The van der Waals surface area contributed by atoms with Crippen LogP contribution in [0.3, 0.4) is 0 Å². The number of aromatic amines is 1. The Morgan fingerprint density at radius 1 is 1.53 bits per heavy atom. The predicted molar refractivity (Wildman–Crippen MR) is 73.9 cm³/mol. The summed E-state index contributed by atoms with van der Waals surface area (Å²) in [7, 11) is 0. The second kappa shape index (κ2) is 5.25. The van der Waals surface area contributed by atoms with E-state index in [1.807, 2.05) is 20.8 Å². The van der Waals surface area contributed by atoms with Crippen LogP contribution in [0, 0.1) is 0 Å². The molecule has 2 rings (SSSR count). The second-order valence-corrected chi connectivity index (χ2v) is 5.99. The van der Waals surface area contributed by atoms with E-state index in [1.165, 1.54) is 5.56 Å². The zero-order valence-electron chi connectivity index (χ0n) is 12.0. The summed E-state index contributed by atoms with van der Waals surface area (Å²) in [6.07, 6.45) is 1.47. The van der Waals surface area contributed by atoms with Gasteiger partial charge in [-0.15, -0.1) is 0 Å². The zero-order chi connectivity index (χ0) is 14.0. The van der Waals surface area contributed by atoms with E-state index in [-0.39, 0.29) is 6.09 Å². The van der Waals surface area contributed by atoms with E-state index in [0.717, 1.165) is 24.2 Å². The van der Waals surface area contributed by atoms with Gasteiger partial charge in [0.15, 0.2) is 0 Å². The van der Waals surface area contributed by atoms with Gasteiger partial charge in [0, 0.05) is 17.9 Å². The molecule has 5 heteroatoms. The first-order chi connectivity index (χ1) is 8.89. The standard InChI is InChI=1S/C14H23N3O2/c1-14(2,3)19-13(18)17-7-5-10-8-11(4-6-15)16-12(10)9-17/h8,16H,4-7,9,15H2,1-3H3. The third-order valence-electron chi connectivity index (χ3n) is 3.11. The molecule has 0 bridgehead atoms. The number of carbonyl (C=O) groups excluding carboxylic acids is 1. The highest BCUT2D eigenvalue weighted by Crippen LogP contribution is 2.21. The number of fused-ring (bicyclic) bond motifs is 1. The third-order valence-corrected chi connectivity index (χ3v) is 3.11. The largest absolute Gasteiger partial charge is 0.444 e. The fourth-order valence-electron chi connectivity index (χ4n) is 2.27.